The van der Waals surface area contributed by atoms with E-state index in [-0.39, 0.29) is 18.3 Å². The van der Waals surface area contributed by atoms with Crippen molar-refractivity contribution in [2.45, 2.75) is 12.8 Å². The van der Waals surface area contributed by atoms with Crippen molar-refractivity contribution in [3.8, 4) is 11.5 Å². The van der Waals surface area contributed by atoms with Crippen molar-refractivity contribution in [1.29, 1.82) is 0 Å². The molecule has 3 aromatic rings. The zero-order valence-corrected chi connectivity index (χ0v) is 15.8. The molecule has 1 aromatic heterocycles. The summed E-state index contributed by atoms with van der Waals surface area (Å²) in [5, 5.41) is 0. The molecule has 2 aliphatic rings. The first kappa shape index (κ1) is 17.8. The zero-order chi connectivity index (χ0) is 19.8. The van der Waals surface area contributed by atoms with Crippen LogP contribution in [0.3, 0.4) is 0 Å². The topological polar surface area (TPSA) is 77.2 Å². The van der Waals surface area contributed by atoms with Crippen LogP contribution in [-0.2, 0) is 11.5 Å². The molecule has 8 heteroatoms. The average Bonchev–Trinajstić information content (AvgIpc) is 3.08. The summed E-state index contributed by atoms with van der Waals surface area (Å²) in [4.78, 5) is 29.0. The number of oxazole rings is 1. The molecule has 0 spiro atoms. The first-order valence-corrected chi connectivity index (χ1v) is 9.67. The van der Waals surface area contributed by atoms with E-state index in [1.807, 2.05) is 36.4 Å². The molecular formula is C21H21N3O5. The molecule has 1 amide bonds. The van der Waals surface area contributed by atoms with Crippen LogP contribution in [0.15, 0.2) is 57.7 Å². The van der Waals surface area contributed by atoms with Crippen molar-refractivity contribution in [3.05, 3.63) is 59.1 Å². The van der Waals surface area contributed by atoms with Gasteiger partial charge in [-0.1, -0.05) is 24.3 Å². The molecule has 8 nitrogen and oxygen atoms in total. The molecule has 0 radical (unpaired) electrons. The molecule has 150 valence electrons. The first-order valence-electron chi connectivity index (χ1n) is 9.67. The lowest BCUT2D eigenvalue weighted by atomic mass is 10.2. The van der Waals surface area contributed by atoms with E-state index in [1.54, 1.807) is 21.6 Å². The molecule has 0 bridgehead atoms. The molecule has 0 saturated carbocycles. The largest absolute Gasteiger partial charge is 0.485 e. The van der Waals surface area contributed by atoms with Gasteiger partial charge in [0.15, 0.2) is 17.1 Å². The lowest BCUT2D eigenvalue weighted by Crippen LogP contribution is -2.54. The number of ether oxygens (including phenoxy) is 2. The minimum absolute atomic E-state index is 0.0647. The number of piperazine rings is 1. The number of amides is 1. The number of rotatable bonds is 3. The van der Waals surface area contributed by atoms with Gasteiger partial charge in [-0.3, -0.25) is 14.3 Å². The molecule has 5 rings (SSSR count). The molecule has 2 aromatic carbocycles. The molecule has 0 N–H and O–H groups in total. The van der Waals surface area contributed by atoms with Gasteiger partial charge in [-0.2, -0.15) is 0 Å². The van der Waals surface area contributed by atoms with Gasteiger partial charge in [-0.15, -0.1) is 0 Å². The molecule has 1 atom stereocenters. The van der Waals surface area contributed by atoms with E-state index in [2.05, 4.69) is 4.90 Å². The summed E-state index contributed by atoms with van der Waals surface area (Å²) in [5.41, 5.74) is 1.36. The SMILES string of the molecule is O=C([C@@H]1COc2ccccc2O1)N1CCN(Cn2c(=O)oc3ccccc32)CC1. The fourth-order valence-electron chi connectivity index (χ4n) is 3.80. The Labute approximate surface area is 166 Å². The van der Waals surface area contributed by atoms with Crippen LogP contribution in [0.25, 0.3) is 11.1 Å². The van der Waals surface area contributed by atoms with Gasteiger partial charge in [-0.05, 0) is 24.3 Å². The molecule has 1 saturated heterocycles. The Bertz CT molecular complexity index is 1100. The van der Waals surface area contributed by atoms with Gasteiger partial charge in [0.05, 0.1) is 12.2 Å². The van der Waals surface area contributed by atoms with E-state index in [0.717, 1.165) is 5.52 Å². The highest BCUT2D eigenvalue weighted by molar-refractivity contribution is 5.82. The van der Waals surface area contributed by atoms with Crippen molar-refractivity contribution in [2.75, 3.05) is 32.8 Å². The molecule has 1 fully saturated rings. The average molecular weight is 395 g/mol. The highest BCUT2D eigenvalue weighted by Gasteiger charge is 2.32. The molecular weight excluding hydrogens is 374 g/mol. The van der Waals surface area contributed by atoms with Gasteiger partial charge in [-0.25, -0.2) is 4.79 Å². The summed E-state index contributed by atoms with van der Waals surface area (Å²) >= 11 is 0. The lowest BCUT2D eigenvalue weighted by Gasteiger charge is -2.37. The van der Waals surface area contributed by atoms with Gasteiger partial charge in [0, 0.05) is 26.2 Å². The van der Waals surface area contributed by atoms with Gasteiger partial charge < -0.3 is 18.8 Å². The minimum atomic E-state index is -0.628. The standard InChI is InChI=1S/C21H21N3O5/c25-20(19-13-27-17-7-3-4-8-18(17)28-19)23-11-9-22(10-12-23)14-24-15-5-1-2-6-16(15)29-21(24)26/h1-8,19H,9-14H2/t19-/m0/s1. The first-order chi connectivity index (χ1) is 14.2. The van der Waals surface area contributed by atoms with Gasteiger partial charge in [0.2, 0.25) is 6.10 Å². The smallest absolute Gasteiger partial charge is 0.421 e. The van der Waals surface area contributed by atoms with E-state index in [9.17, 15) is 9.59 Å². The Hall–Kier alpha value is -3.26. The third-order valence-electron chi connectivity index (χ3n) is 5.38. The Morgan fingerprint density at radius 1 is 0.966 bits per heavy atom. The summed E-state index contributed by atoms with van der Waals surface area (Å²) in [7, 11) is 0. The van der Waals surface area contributed by atoms with E-state index in [1.165, 1.54) is 0 Å². The van der Waals surface area contributed by atoms with Gasteiger partial charge in [0.1, 0.15) is 6.61 Å². The van der Waals surface area contributed by atoms with E-state index in [4.69, 9.17) is 13.9 Å². The van der Waals surface area contributed by atoms with Gasteiger partial charge >= 0.3 is 5.76 Å². The summed E-state index contributed by atoms with van der Waals surface area (Å²) in [6, 6.07) is 14.8. The second-order valence-electron chi connectivity index (χ2n) is 7.21. The predicted molar refractivity (Wildman–Crippen MR) is 105 cm³/mol. The van der Waals surface area contributed by atoms with Crippen LogP contribution in [0.2, 0.25) is 0 Å². The van der Waals surface area contributed by atoms with Gasteiger partial charge in [0.25, 0.3) is 5.91 Å². The molecule has 3 heterocycles. The van der Waals surface area contributed by atoms with Crippen LogP contribution in [-0.4, -0.2) is 59.2 Å². The number of hydrogen-bond acceptors (Lipinski definition) is 6. The number of carbonyl (C=O) groups excluding carboxylic acids is 1. The van der Waals surface area contributed by atoms with Crippen molar-refractivity contribution >= 4 is 17.0 Å². The Balaban J connectivity index is 1.21. The maximum Gasteiger partial charge on any atom is 0.421 e. The third kappa shape index (κ3) is 3.36. The van der Waals surface area contributed by atoms with Crippen LogP contribution in [0.4, 0.5) is 0 Å². The van der Waals surface area contributed by atoms with E-state index in [0.29, 0.717) is 49.9 Å². The lowest BCUT2D eigenvalue weighted by molar-refractivity contribution is -0.143. The van der Waals surface area contributed by atoms with Crippen molar-refractivity contribution in [1.82, 2.24) is 14.4 Å². The highest BCUT2D eigenvalue weighted by atomic mass is 16.6. The monoisotopic (exact) mass is 395 g/mol. The minimum Gasteiger partial charge on any atom is -0.485 e. The van der Waals surface area contributed by atoms with E-state index >= 15 is 0 Å². The summed E-state index contributed by atoms with van der Waals surface area (Å²) < 4.78 is 18.4. The highest BCUT2D eigenvalue weighted by Crippen LogP contribution is 2.31. The predicted octanol–water partition coefficient (Wildman–Crippen LogP) is 1.54. The maximum absolute atomic E-state index is 12.8. The fraction of sp³-hybridized carbons (Fsp3) is 0.333. The Morgan fingerprint density at radius 3 is 2.52 bits per heavy atom. The van der Waals surface area contributed by atoms with Crippen LogP contribution in [0, 0.1) is 0 Å². The molecule has 0 unspecified atom stereocenters. The maximum atomic E-state index is 12.8. The normalized spacial score (nSPS) is 19.4. The second-order valence-corrected chi connectivity index (χ2v) is 7.21. The third-order valence-corrected chi connectivity index (χ3v) is 5.38. The van der Waals surface area contributed by atoms with Crippen LogP contribution < -0.4 is 15.2 Å². The zero-order valence-electron chi connectivity index (χ0n) is 15.8. The number of hydrogen-bond donors (Lipinski definition) is 0. The quantitative estimate of drug-likeness (QED) is 0.670. The molecule has 2 aliphatic heterocycles. The van der Waals surface area contributed by atoms with E-state index < -0.39 is 6.10 Å². The van der Waals surface area contributed by atoms with Crippen molar-refractivity contribution < 1.29 is 18.7 Å². The number of benzene rings is 2. The summed E-state index contributed by atoms with van der Waals surface area (Å²) in [6.45, 7) is 3.14. The van der Waals surface area contributed by atoms with Crippen molar-refractivity contribution in [2.24, 2.45) is 0 Å². The summed E-state index contributed by atoms with van der Waals surface area (Å²) in [6.07, 6.45) is -0.628. The number of fused-ring (bicyclic) bond motifs is 2. The number of carbonyl (C=O) groups is 1. The Kier molecular flexibility index (Phi) is 4.48. The number of para-hydroxylation sites is 4. The fourth-order valence-corrected chi connectivity index (χ4v) is 3.80. The second kappa shape index (κ2) is 7.29. The molecule has 29 heavy (non-hydrogen) atoms. The van der Waals surface area contributed by atoms with Crippen LogP contribution >= 0.6 is 0 Å². The number of aromatic nitrogens is 1. The van der Waals surface area contributed by atoms with Crippen LogP contribution in [0.1, 0.15) is 0 Å². The van der Waals surface area contributed by atoms with Crippen LogP contribution in [0.5, 0.6) is 11.5 Å². The Morgan fingerprint density at radius 2 is 1.69 bits per heavy atom. The molecule has 0 aliphatic carbocycles. The summed E-state index contributed by atoms with van der Waals surface area (Å²) in [5.74, 6) is 0.835. The van der Waals surface area contributed by atoms with Crippen molar-refractivity contribution in [3.63, 3.8) is 0 Å². The number of nitrogens with zero attached hydrogens (tertiary/aromatic N) is 3.